The van der Waals surface area contributed by atoms with E-state index in [1.54, 1.807) is 10.9 Å². The van der Waals surface area contributed by atoms with Crippen molar-refractivity contribution in [2.45, 2.75) is 77.4 Å². The van der Waals surface area contributed by atoms with Gasteiger partial charge in [-0.2, -0.15) is 10.2 Å². The van der Waals surface area contributed by atoms with Crippen LogP contribution in [0.2, 0.25) is 0 Å². The Bertz CT molecular complexity index is 1250. The number of nitrogens with one attached hydrogen (secondary N) is 1. The van der Waals surface area contributed by atoms with Crippen molar-refractivity contribution < 1.29 is 18.7 Å². The summed E-state index contributed by atoms with van der Waals surface area (Å²) in [4.78, 5) is 19.9. The van der Waals surface area contributed by atoms with Gasteiger partial charge in [0.05, 0.1) is 23.5 Å². The van der Waals surface area contributed by atoms with Crippen LogP contribution in [-0.2, 0) is 0 Å². The number of hydrogen-bond acceptors (Lipinski definition) is 6. The van der Waals surface area contributed by atoms with Crippen LogP contribution in [0.4, 0.5) is 20.3 Å². The molecule has 2 fully saturated rings. The molecule has 0 bridgehead atoms. The summed E-state index contributed by atoms with van der Waals surface area (Å²) in [6.45, 7) is 7.55. The molecule has 2 N–H and O–H groups in total. The lowest BCUT2D eigenvalue weighted by Crippen LogP contribution is -2.42. The molecule has 3 aromatic heterocycles. The fourth-order valence-electron chi connectivity index (χ4n) is 5.49. The predicted octanol–water partition coefficient (Wildman–Crippen LogP) is 4.85. The largest absolute Gasteiger partial charge is 0.390 e. The summed E-state index contributed by atoms with van der Waals surface area (Å²) in [5.41, 5.74) is -0.575. The molecule has 1 aliphatic heterocycles. The second kappa shape index (κ2) is 10.00. The van der Waals surface area contributed by atoms with Gasteiger partial charge < -0.3 is 15.3 Å². The molecule has 9 nitrogen and oxygen atoms in total. The number of aliphatic hydroxyl groups is 1. The fraction of sp³-hybridized carbons (Fsp3) is 0.615. The Hall–Kier alpha value is -3.08. The summed E-state index contributed by atoms with van der Waals surface area (Å²) in [6.07, 6.45) is 6.91. The first-order valence-corrected chi connectivity index (χ1v) is 13.1. The number of nitrogens with zero attached hydrogens (tertiary/aromatic N) is 6. The van der Waals surface area contributed by atoms with Gasteiger partial charge in [0.1, 0.15) is 11.4 Å². The van der Waals surface area contributed by atoms with E-state index in [9.17, 15) is 18.7 Å². The zero-order valence-corrected chi connectivity index (χ0v) is 21.6. The van der Waals surface area contributed by atoms with Crippen LogP contribution < -0.4 is 10.2 Å². The lowest BCUT2D eigenvalue weighted by molar-refractivity contribution is 0.0350. The topological polar surface area (TPSA) is 101 Å². The van der Waals surface area contributed by atoms with E-state index in [4.69, 9.17) is 0 Å². The summed E-state index contributed by atoms with van der Waals surface area (Å²) in [6, 6.07) is 1.86. The first-order valence-electron chi connectivity index (χ1n) is 13.1. The highest BCUT2D eigenvalue weighted by Crippen LogP contribution is 2.37. The number of aromatic nitrogens is 5. The number of carbonyl (C=O) groups is 1. The molecule has 37 heavy (non-hydrogen) atoms. The predicted molar refractivity (Wildman–Crippen MR) is 136 cm³/mol. The molecule has 3 aromatic rings. The van der Waals surface area contributed by atoms with Crippen LogP contribution in [0.15, 0.2) is 24.7 Å². The van der Waals surface area contributed by atoms with Crippen molar-refractivity contribution in [1.29, 1.82) is 0 Å². The van der Waals surface area contributed by atoms with Crippen LogP contribution in [0.1, 0.15) is 87.8 Å². The molecule has 0 spiro atoms. The molecule has 1 aliphatic carbocycles. The van der Waals surface area contributed by atoms with Gasteiger partial charge in [-0.15, -0.1) is 0 Å². The lowest BCUT2D eigenvalue weighted by atomic mass is 9.80. The standard InChI is InChI=1S/C26H35F2N7O2/c1-16(2)17-4-6-18(7-5-17)35-15-20(22(32-35)23(27)28)30-25(36)19-14-29-34-11-8-21(31-24(19)34)33-12-9-26(3,37)10-13-33/h8,11,14-18,23,37H,4-7,9-10,12-13H2,1-3H3,(H,30,36)/t17-,18-. The maximum absolute atomic E-state index is 13.9. The lowest BCUT2D eigenvalue weighted by Gasteiger charge is -2.36. The monoisotopic (exact) mass is 515 g/mol. The van der Waals surface area contributed by atoms with Gasteiger partial charge in [-0.05, 0) is 63.4 Å². The molecule has 0 unspecified atom stereocenters. The van der Waals surface area contributed by atoms with Gasteiger partial charge in [0.2, 0.25) is 0 Å². The number of fused-ring (bicyclic) bond motifs is 1. The Labute approximate surface area is 214 Å². The minimum absolute atomic E-state index is 0.0137. The molecule has 0 aromatic carbocycles. The van der Waals surface area contributed by atoms with Crippen molar-refractivity contribution >= 4 is 23.1 Å². The van der Waals surface area contributed by atoms with Crippen molar-refractivity contribution in [3.8, 4) is 0 Å². The molecule has 1 saturated heterocycles. The third-order valence-electron chi connectivity index (χ3n) is 8.04. The Morgan fingerprint density at radius 2 is 1.89 bits per heavy atom. The number of amides is 1. The van der Waals surface area contributed by atoms with E-state index >= 15 is 0 Å². The number of hydrogen-bond donors (Lipinski definition) is 2. The Morgan fingerprint density at radius 3 is 2.54 bits per heavy atom. The summed E-state index contributed by atoms with van der Waals surface area (Å²) in [7, 11) is 0. The highest BCUT2D eigenvalue weighted by atomic mass is 19.3. The van der Waals surface area contributed by atoms with Gasteiger partial charge in [-0.3, -0.25) is 9.48 Å². The highest BCUT2D eigenvalue weighted by Gasteiger charge is 2.30. The molecule has 5 rings (SSSR count). The van der Waals surface area contributed by atoms with E-state index in [0.717, 1.165) is 25.7 Å². The van der Waals surface area contributed by atoms with Crippen molar-refractivity contribution in [3.05, 3.63) is 35.9 Å². The molecule has 4 heterocycles. The summed E-state index contributed by atoms with van der Waals surface area (Å²) in [5.74, 6) is 1.36. The van der Waals surface area contributed by atoms with Crippen molar-refractivity contribution in [2.24, 2.45) is 11.8 Å². The number of rotatable bonds is 6. The minimum Gasteiger partial charge on any atom is -0.390 e. The Balaban J connectivity index is 1.35. The number of halogens is 2. The Morgan fingerprint density at radius 1 is 1.19 bits per heavy atom. The maximum atomic E-state index is 13.9. The molecule has 1 amide bonds. The van der Waals surface area contributed by atoms with E-state index in [2.05, 4.69) is 39.2 Å². The summed E-state index contributed by atoms with van der Waals surface area (Å²) >= 11 is 0. The number of alkyl halides is 2. The third-order valence-corrected chi connectivity index (χ3v) is 8.04. The van der Waals surface area contributed by atoms with E-state index in [-0.39, 0.29) is 17.3 Å². The molecule has 2 aliphatic rings. The second-order valence-corrected chi connectivity index (χ2v) is 11.1. The molecular formula is C26H35F2N7O2. The van der Waals surface area contributed by atoms with Crippen molar-refractivity contribution in [3.63, 3.8) is 0 Å². The molecular weight excluding hydrogens is 480 g/mol. The second-order valence-electron chi connectivity index (χ2n) is 11.1. The van der Waals surface area contributed by atoms with Gasteiger partial charge in [0.25, 0.3) is 12.3 Å². The van der Waals surface area contributed by atoms with Gasteiger partial charge in [0, 0.05) is 25.5 Å². The van der Waals surface area contributed by atoms with Crippen LogP contribution in [0.5, 0.6) is 0 Å². The summed E-state index contributed by atoms with van der Waals surface area (Å²) in [5, 5.41) is 21.3. The molecule has 200 valence electrons. The van der Waals surface area contributed by atoms with Crippen LogP contribution in [0.3, 0.4) is 0 Å². The first-order chi connectivity index (χ1) is 17.6. The van der Waals surface area contributed by atoms with Crippen LogP contribution in [0, 0.1) is 11.8 Å². The quantitative estimate of drug-likeness (QED) is 0.487. The normalized spacial score (nSPS) is 22.2. The minimum atomic E-state index is -2.81. The average molecular weight is 516 g/mol. The molecule has 1 saturated carbocycles. The van der Waals surface area contributed by atoms with E-state index in [0.29, 0.717) is 49.2 Å². The molecule has 11 heteroatoms. The Kier molecular flexibility index (Phi) is 6.91. The van der Waals surface area contributed by atoms with Crippen LogP contribution in [-0.4, -0.2) is 54.1 Å². The number of carbonyl (C=O) groups excluding carboxylic acids is 1. The average Bonchev–Trinajstić information content (AvgIpc) is 3.48. The highest BCUT2D eigenvalue weighted by molar-refractivity contribution is 6.08. The van der Waals surface area contributed by atoms with Crippen LogP contribution in [0.25, 0.3) is 5.65 Å². The third kappa shape index (κ3) is 5.32. The zero-order valence-electron chi connectivity index (χ0n) is 21.6. The zero-order chi connectivity index (χ0) is 26.3. The number of piperidine rings is 1. The summed E-state index contributed by atoms with van der Waals surface area (Å²) < 4.78 is 30.8. The fourth-order valence-corrected chi connectivity index (χ4v) is 5.49. The van der Waals surface area contributed by atoms with E-state index in [1.165, 1.54) is 16.9 Å². The van der Waals surface area contributed by atoms with E-state index in [1.807, 2.05) is 13.0 Å². The molecule has 0 radical (unpaired) electrons. The van der Waals surface area contributed by atoms with Crippen molar-refractivity contribution in [2.75, 3.05) is 23.3 Å². The SMILES string of the molecule is CC(C)[C@H]1CC[C@H](n2cc(NC(=O)c3cnn4ccc(N5CCC(C)(O)CC5)nc34)c(C(F)F)n2)CC1. The van der Waals surface area contributed by atoms with Crippen LogP contribution >= 0.6 is 0 Å². The molecule has 0 atom stereocenters. The van der Waals surface area contributed by atoms with E-state index < -0.39 is 23.6 Å². The smallest absolute Gasteiger partial charge is 0.284 e. The number of anilines is 2. The van der Waals surface area contributed by atoms with Crippen molar-refractivity contribution in [1.82, 2.24) is 24.4 Å². The van der Waals surface area contributed by atoms with Gasteiger partial charge in [0.15, 0.2) is 11.3 Å². The first kappa shape index (κ1) is 25.6. The van der Waals surface area contributed by atoms with Gasteiger partial charge >= 0.3 is 0 Å². The van der Waals surface area contributed by atoms with Gasteiger partial charge in [-0.1, -0.05) is 13.8 Å². The van der Waals surface area contributed by atoms with Gasteiger partial charge in [-0.25, -0.2) is 18.3 Å². The maximum Gasteiger partial charge on any atom is 0.284 e.